The molecule has 0 aliphatic carbocycles. The van der Waals surface area contributed by atoms with Gasteiger partial charge in [-0.1, -0.05) is 35.7 Å². The first-order chi connectivity index (χ1) is 20.4. The molecule has 10 nitrogen and oxygen atoms in total. The first-order valence-electron chi connectivity index (χ1n) is 12.3. The molecule has 2 heterocycles. The Labute approximate surface area is 252 Å². The van der Waals surface area contributed by atoms with Crippen LogP contribution < -0.4 is 5.32 Å². The summed E-state index contributed by atoms with van der Waals surface area (Å²) in [4.78, 5) is 49.1. The van der Waals surface area contributed by atoms with Crippen molar-refractivity contribution in [2.75, 3.05) is 18.2 Å². The molecule has 0 radical (unpaired) electrons. The molecule has 0 bridgehead atoms. The summed E-state index contributed by atoms with van der Waals surface area (Å²) < 4.78 is 6.31. The number of esters is 1. The number of aliphatic imine (C=N–C) groups is 1. The number of nitro benzene ring substituents is 1. The molecule has 0 spiro atoms. The molecule has 210 valence electrons. The van der Waals surface area contributed by atoms with Crippen molar-refractivity contribution in [2.45, 2.75) is 14.3 Å². The molecule has 1 N–H and O–H groups in total. The molecule has 0 fully saturated rings. The normalized spacial score (nSPS) is 11.1. The summed E-state index contributed by atoms with van der Waals surface area (Å²) in [5.74, 6) is -0.479. The number of anilines is 1. The van der Waals surface area contributed by atoms with Gasteiger partial charge in [-0.25, -0.2) is 14.8 Å². The van der Waals surface area contributed by atoms with Gasteiger partial charge in [0.2, 0.25) is 5.91 Å². The van der Waals surface area contributed by atoms with Crippen molar-refractivity contribution in [2.24, 2.45) is 4.99 Å². The van der Waals surface area contributed by atoms with Crippen molar-refractivity contribution in [1.29, 1.82) is 0 Å². The Morgan fingerprint density at radius 1 is 1.10 bits per heavy atom. The third-order valence-electron chi connectivity index (χ3n) is 5.66. The highest BCUT2D eigenvalue weighted by Crippen LogP contribution is 2.35. The minimum atomic E-state index is -0.442. The van der Waals surface area contributed by atoms with Crippen molar-refractivity contribution in [3.8, 4) is 0 Å². The van der Waals surface area contributed by atoms with Gasteiger partial charge in [-0.05, 0) is 66.2 Å². The number of fused-ring (bicyclic) bond motifs is 1. The lowest BCUT2D eigenvalue weighted by Gasteiger charge is -2.05. The van der Waals surface area contributed by atoms with Crippen LogP contribution in [-0.2, 0) is 9.53 Å². The molecule has 3 aromatic carbocycles. The summed E-state index contributed by atoms with van der Waals surface area (Å²) in [5.41, 5.74) is 3.01. The number of thiazole rings is 1. The summed E-state index contributed by atoms with van der Waals surface area (Å²) in [6.45, 7) is 0. The van der Waals surface area contributed by atoms with Gasteiger partial charge in [0.15, 0.2) is 4.34 Å². The minimum Gasteiger partial charge on any atom is -0.465 e. The molecule has 5 aromatic rings. The number of nitro groups is 1. The molecule has 0 unspecified atom stereocenters. The van der Waals surface area contributed by atoms with E-state index in [0.717, 1.165) is 14.6 Å². The molecule has 0 aliphatic heterocycles. The molecule has 42 heavy (non-hydrogen) atoms. The zero-order valence-electron chi connectivity index (χ0n) is 21.9. The van der Waals surface area contributed by atoms with E-state index in [-0.39, 0.29) is 17.3 Å². The van der Waals surface area contributed by atoms with E-state index in [2.05, 4.69) is 25.0 Å². The van der Waals surface area contributed by atoms with Gasteiger partial charge in [-0.15, -0.1) is 11.3 Å². The monoisotopic (exact) mass is 615 g/mol. The summed E-state index contributed by atoms with van der Waals surface area (Å²) >= 11 is 4.00. The Kier molecular flexibility index (Phi) is 9.21. The fourth-order valence-electron chi connectivity index (χ4n) is 3.68. The van der Waals surface area contributed by atoms with Gasteiger partial charge in [-0.2, -0.15) is 0 Å². The van der Waals surface area contributed by atoms with Crippen LogP contribution >= 0.6 is 34.9 Å². The number of ether oxygens (including phenoxy) is 1. The molecule has 13 heteroatoms. The van der Waals surface area contributed by atoms with Crippen molar-refractivity contribution in [3.63, 3.8) is 0 Å². The summed E-state index contributed by atoms with van der Waals surface area (Å²) in [5, 5.41) is 15.2. The number of amides is 1. The second kappa shape index (κ2) is 13.4. The smallest absolute Gasteiger partial charge is 0.337 e. The molecular formula is C29H21N5O5S3. The third-order valence-corrected chi connectivity index (χ3v) is 8.84. The number of carbonyl (C=O) groups excluding carboxylic acids is 2. The minimum absolute atomic E-state index is 0.0172. The van der Waals surface area contributed by atoms with Crippen LogP contribution in [0.2, 0.25) is 0 Å². The molecule has 0 saturated heterocycles. The van der Waals surface area contributed by atoms with E-state index in [0.29, 0.717) is 32.4 Å². The molecule has 5 rings (SSSR count). The average Bonchev–Trinajstić information content (AvgIpc) is 3.42. The maximum Gasteiger partial charge on any atom is 0.337 e. The van der Waals surface area contributed by atoms with E-state index in [1.807, 2.05) is 24.3 Å². The number of aromatic nitrogens is 2. The Morgan fingerprint density at radius 3 is 2.67 bits per heavy atom. The van der Waals surface area contributed by atoms with E-state index in [4.69, 9.17) is 0 Å². The Balaban J connectivity index is 1.21. The molecule has 0 atom stereocenters. The maximum absolute atomic E-state index is 12.4. The van der Waals surface area contributed by atoms with Crippen LogP contribution in [-0.4, -0.2) is 45.8 Å². The van der Waals surface area contributed by atoms with Crippen LogP contribution in [0.25, 0.3) is 10.2 Å². The van der Waals surface area contributed by atoms with Crippen LogP contribution in [0, 0.1) is 10.1 Å². The Bertz CT molecular complexity index is 1790. The van der Waals surface area contributed by atoms with Crippen molar-refractivity contribution >= 4 is 80.2 Å². The van der Waals surface area contributed by atoms with Gasteiger partial charge in [-0.3, -0.25) is 19.9 Å². The lowest BCUT2D eigenvalue weighted by Crippen LogP contribution is -2.14. The van der Waals surface area contributed by atoms with E-state index < -0.39 is 10.9 Å². The average molecular weight is 616 g/mol. The van der Waals surface area contributed by atoms with Gasteiger partial charge in [0.05, 0.1) is 44.1 Å². The zero-order chi connectivity index (χ0) is 29.5. The first kappa shape index (κ1) is 28.9. The maximum atomic E-state index is 12.4. The fourth-order valence-corrected chi connectivity index (χ4v) is 6.44. The Morgan fingerprint density at radius 2 is 1.93 bits per heavy atom. The first-order valence-corrected chi connectivity index (χ1v) is 14.9. The standard InChI is InChI=1S/C29H21N5O5S3/c1-39-28(36)19-6-8-20(9-7-19)32-26(35)17-40-29-33-22-11-10-21(15-25(22)42-29)31-16-18-5-12-24(23(14-18)34(37)38)41-27-4-2-3-13-30-27/h2-16H,17H2,1H3,(H,32,35). The van der Waals surface area contributed by atoms with Crippen LogP contribution in [0.1, 0.15) is 15.9 Å². The second-order valence-corrected chi connectivity index (χ2v) is 11.9. The van der Waals surface area contributed by atoms with Crippen molar-refractivity contribution in [1.82, 2.24) is 9.97 Å². The predicted octanol–water partition coefficient (Wildman–Crippen LogP) is 7.02. The number of carbonyl (C=O) groups is 2. The fraction of sp³-hybridized carbons (Fsp3) is 0.0690. The van der Waals surface area contributed by atoms with Gasteiger partial charge >= 0.3 is 5.97 Å². The number of thioether (sulfide) groups is 1. The van der Waals surface area contributed by atoms with Gasteiger partial charge in [0.1, 0.15) is 5.03 Å². The number of benzene rings is 3. The highest BCUT2D eigenvalue weighted by molar-refractivity contribution is 8.01. The molecule has 2 aromatic heterocycles. The number of methoxy groups -OCH3 is 1. The van der Waals surface area contributed by atoms with Gasteiger partial charge in [0, 0.05) is 24.2 Å². The van der Waals surface area contributed by atoms with Crippen molar-refractivity contribution < 1.29 is 19.2 Å². The quantitative estimate of drug-likeness (QED) is 0.0578. The summed E-state index contributed by atoms with van der Waals surface area (Å²) in [7, 11) is 1.31. The second-order valence-electron chi connectivity index (χ2n) is 8.55. The van der Waals surface area contributed by atoms with Crippen LogP contribution in [0.5, 0.6) is 0 Å². The molecule has 0 saturated carbocycles. The summed E-state index contributed by atoms with van der Waals surface area (Å²) in [6.07, 6.45) is 3.23. The molecule has 0 aliphatic rings. The number of hydrogen-bond acceptors (Lipinski definition) is 11. The number of pyridine rings is 1. The number of rotatable bonds is 10. The predicted molar refractivity (Wildman–Crippen MR) is 165 cm³/mol. The molecule has 1 amide bonds. The molecular weight excluding hydrogens is 595 g/mol. The van der Waals surface area contributed by atoms with E-state index in [9.17, 15) is 19.7 Å². The Hall–Kier alpha value is -4.59. The van der Waals surface area contributed by atoms with E-state index >= 15 is 0 Å². The highest BCUT2D eigenvalue weighted by atomic mass is 32.2. The largest absolute Gasteiger partial charge is 0.465 e. The van der Waals surface area contributed by atoms with E-state index in [1.165, 1.54) is 48.0 Å². The third kappa shape index (κ3) is 7.37. The van der Waals surface area contributed by atoms with Crippen molar-refractivity contribution in [3.05, 3.63) is 106 Å². The number of hydrogen-bond donors (Lipinski definition) is 1. The van der Waals surface area contributed by atoms with E-state index in [1.54, 1.807) is 60.9 Å². The van der Waals surface area contributed by atoms with Gasteiger partial charge in [0.25, 0.3) is 5.69 Å². The number of nitrogens with one attached hydrogen (secondary N) is 1. The topological polar surface area (TPSA) is 137 Å². The van der Waals surface area contributed by atoms with Crippen LogP contribution in [0.4, 0.5) is 17.1 Å². The lowest BCUT2D eigenvalue weighted by atomic mass is 10.2. The zero-order valence-corrected chi connectivity index (χ0v) is 24.4. The SMILES string of the molecule is COC(=O)c1ccc(NC(=O)CSc2nc3ccc(N=Cc4ccc(Sc5ccccn5)c([N+](=O)[O-])c4)cc3s2)cc1. The van der Waals surface area contributed by atoms with Crippen LogP contribution in [0.15, 0.2) is 104 Å². The van der Waals surface area contributed by atoms with Crippen LogP contribution in [0.3, 0.4) is 0 Å². The summed E-state index contributed by atoms with van der Waals surface area (Å²) in [6, 6.07) is 22.4. The van der Waals surface area contributed by atoms with Gasteiger partial charge < -0.3 is 10.1 Å². The highest BCUT2D eigenvalue weighted by Gasteiger charge is 2.16. The number of nitrogens with zero attached hydrogens (tertiary/aromatic N) is 4. The lowest BCUT2D eigenvalue weighted by molar-refractivity contribution is -0.387.